The van der Waals surface area contributed by atoms with Gasteiger partial charge in [0, 0.05) is 13.1 Å². The van der Waals surface area contributed by atoms with Crippen LogP contribution in [0.1, 0.15) is 15.9 Å². The second-order valence-electron chi connectivity index (χ2n) is 7.30. The van der Waals surface area contributed by atoms with Crippen LogP contribution in [0.4, 0.5) is 0 Å². The molecular formula is C17H25BN2O8. The lowest BCUT2D eigenvalue weighted by molar-refractivity contribution is -0.194. The van der Waals surface area contributed by atoms with Crippen molar-refractivity contribution in [2.24, 2.45) is 5.73 Å². The van der Waals surface area contributed by atoms with Crippen molar-refractivity contribution in [1.29, 1.82) is 0 Å². The van der Waals surface area contributed by atoms with E-state index in [1.807, 2.05) is 0 Å². The Morgan fingerprint density at radius 1 is 1.39 bits per heavy atom. The summed E-state index contributed by atoms with van der Waals surface area (Å²) >= 11 is 0. The topological polar surface area (TPSA) is 166 Å². The maximum Gasteiger partial charge on any atom is 0.451 e. The summed E-state index contributed by atoms with van der Waals surface area (Å²) in [6.07, 6.45) is -0.200. The number of nitrogens with two attached hydrogens (primary N) is 1. The van der Waals surface area contributed by atoms with Gasteiger partial charge in [0.05, 0.1) is 31.4 Å². The Kier molecular flexibility index (Phi) is 6.13. The molecule has 0 aliphatic carbocycles. The third-order valence-electron chi connectivity index (χ3n) is 5.47. The quantitative estimate of drug-likeness (QED) is 0.264. The van der Waals surface area contributed by atoms with Crippen LogP contribution in [0.5, 0.6) is 11.5 Å². The zero-order valence-electron chi connectivity index (χ0n) is 15.3. The molecule has 1 atom stereocenters. The van der Waals surface area contributed by atoms with Gasteiger partial charge in [0.15, 0.2) is 0 Å². The van der Waals surface area contributed by atoms with Gasteiger partial charge in [0.1, 0.15) is 23.2 Å². The molecule has 2 aliphatic heterocycles. The van der Waals surface area contributed by atoms with Gasteiger partial charge in [-0.1, -0.05) is 6.07 Å². The summed E-state index contributed by atoms with van der Waals surface area (Å²) in [4.78, 5) is 13.7. The first-order valence-corrected chi connectivity index (χ1v) is 9.08. The first-order valence-electron chi connectivity index (χ1n) is 9.08. The molecule has 2 saturated heterocycles. The van der Waals surface area contributed by atoms with Crippen molar-refractivity contribution in [3.05, 3.63) is 23.3 Å². The summed E-state index contributed by atoms with van der Waals surface area (Å²) in [6.45, 7) is 1.68. The van der Waals surface area contributed by atoms with Crippen LogP contribution in [0.2, 0.25) is 6.32 Å². The van der Waals surface area contributed by atoms with E-state index in [1.165, 1.54) is 12.1 Å². The molecule has 10 nitrogen and oxygen atoms in total. The Balaban J connectivity index is 1.68. The van der Waals surface area contributed by atoms with Crippen molar-refractivity contribution in [2.75, 3.05) is 32.9 Å². The lowest BCUT2D eigenvalue weighted by Gasteiger charge is -2.57. The minimum atomic E-state index is -1.54. The number of phenols is 1. The predicted octanol–water partition coefficient (Wildman–Crippen LogP) is -1.74. The maximum absolute atomic E-state index is 11.6. The van der Waals surface area contributed by atoms with Crippen LogP contribution in [-0.4, -0.2) is 94.0 Å². The number of hydrogen-bond donors (Lipinski definition) is 6. The third-order valence-corrected chi connectivity index (χ3v) is 5.47. The molecule has 1 aromatic carbocycles. The number of hydrogen-bond acceptors (Lipinski definition) is 9. The zero-order valence-corrected chi connectivity index (χ0v) is 15.3. The Morgan fingerprint density at radius 2 is 2.07 bits per heavy atom. The average Bonchev–Trinajstić information content (AvgIpc) is 2.56. The molecule has 7 N–H and O–H groups in total. The van der Waals surface area contributed by atoms with Crippen LogP contribution in [0, 0.1) is 0 Å². The van der Waals surface area contributed by atoms with E-state index >= 15 is 0 Å². The zero-order chi connectivity index (χ0) is 20.5. The standard InChI is InChI=1S/C17H25BN2O8/c19-13(7-21)17(8-27-9-17)20-5-11(6-20)28-12-2-1-10(3-4-18(25)26)15(22)14(12)16(23)24/h1-2,11,13,21-22,25-26H,3-9,19H2,(H,23,24). The van der Waals surface area contributed by atoms with E-state index in [4.69, 9.17) is 25.3 Å². The number of aliphatic hydroxyl groups is 1. The number of ether oxygens (including phenoxy) is 2. The van der Waals surface area contributed by atoms with E-state index in [0.29, 0.717) is 31.9 Å². The van der Waals surface area contributed by atoms with E-state index in [2.05, 4.69) is 4.90 Å². The highest BCUT2D eigenvalue weighted by Gasteiger charge is 2.53. The van der Waals surface area contributed by atoms with Gasteiger partial charge >= 0.3 is 13.1 Å². The van der Waals surface area contributed by atoms with E-state index < -0.39 is 30.4 Å². The lowest BCUT2D eigenvalue weighted by atomic mass is 9.82. The number of aromatic carboxylic acids is 1. The lowest BCUT2D eigenvalue weighted by Crippen LogP contribution is -2.77. The molecule has 1 unspecified atom stereocenters. The minimum Gasteiger partial charge on any atom is -0.507 e. The SMILES string of the molecule is NC(CO)C1(N2CC(Oc3ccc(CCB(O)O)c(O)c3C(=O)O)C2)COC1. The van der Waals surface area contributed by atoms with Gasteiger partial charge in [-0.05, 0) is 24.4 Å². The highest BCUT2D eigenvalue weighted by atomic mass is 16.5. The first kappa shape index (κ1) is 20.8. The summed E-state index contributed by atoms with van der Waals surface area (Å²) in [7, 11) is -1.54. The van der Waals surface area contributed by atoms with Gasteiger partial charge in [-0.25, -0.2) is 4.79 Å². The van der Waals surface area contributed by atoms with E-state index in [-0.39, 0.29) is 36.8 Å². The number of carboxylic acids is 1. The van der Waals surface area contributed by atoms with Crippen LogP contribution in [0.3, 0.4) is 0 Å². The Bertz CT molecular complexity index is 721. The number of carboxylic acid groups (broad SMARTS) is 1. The number of benzene rings is 1. The molecule has 0 bridgehead atoms. The fourth-order valence-corrected chi connectivity index (χ4v) is 3.58. The van der Waals surface area contributed by atoms with Crippen LogP contribution in [0.25, 0.3) is 0 Å². The van der Waals surface area contributed by atoms with Crippen molar-refractivity contribution < 1.29 is 39.6 Å². The Morgan fingerprint density at radius 3 is 2.57 bits per heavy atom. The molecule has 2 aliphatic rings. The number of likely N-dealkylation sites (tertiary alicyclic amines) is 1. The number of nitrogens with zero attached hydrogens (tertiary/aromatic N) is 1. The molecule has 0 saturated carbocycles. The molecule has 3 rings (SSSR count). The molecule has 28 heavy (non-hydrogen) atoms. The van der Waals surface area contributed by atoms with Crippen molar-refractivity contribution in [3.63, 3.8) is 0 Å². The smallest absolute Gasteiger partial charge is 0.451 e. The van der Waals surface area contributed by atoms with Crippen molar-refractivity contribution >= 4 is 13.1 Å². The van der Waals surface area contributed by atoms with Gasteiger partial charge in [-0.3, -0.25) is 4.90 Å². The minimum absolute atomic E-state index is 0.0281. The number of aliphatic hydroxyl groups excluding tert-OH is 1. The van der Waals surface area contributed by atoms with E-state index in [9.17, 15) is 20.1 Å². The fraction of sp³-hybridized carbons (Fsp3) is 0.588. The molecule has 2 fully saturated rings. The molecule has 11 heteroatoms. The number of aryl methyl sites for hydroxylation is 1. The molecule has 1 aromatic rings. The molecule has 0 spiro atoms. The third kappa shape index (κ3) is 3.82. The van der Waals surface area contributed by atoms with Gasteiger partial charge in [-0.2, -0.15) is 0 Å². The van der Waals surface area contributed by atoms with Crippen molar-refractivity contribution in [2.45, 2.75) is 30.4 Å². The van der Waals surface area contributed by atoms with E-state index in [0.717, 1.165) is 0 Å². The number of aromatic hydroxyl groups is 1. The van der Waals surface area contributed by atoms with Crippen molar-refractivity contribution in [3.8, 4) is 11.5 Å². The van der Waals surface area contributed by atoms with Gasteiger partial charge < -0.3 is 40.6 Å². The molecule has 0 aromatic heterocycles. The highest BCUT2D eigenvalue weighted by molar-refractivity contribution is 6.41. The molecule has 0 amide bonds. The molecule has 0 radical (unpaired) electrons. The average molecular weight is 396 g/mol. The fourth-order valence-electron chi connectivity index (χ4n) is 3.58. The van der Waals surface area contributed by atoms with Crippen LogP contribution in [0.15, 0.2) is 12.1 Å². The van der Waals surface area contributed by atoms with E-state index in [1.54, 1.807) is 0 Å². The number of rotatable bonds is 9. The summed E-state index contributed by atoms with van der Waals surface area (Å²) in [5, 5.41) is 47.1. The Labute approximate surface area is 162 Å². The molecule has 2 heterocycles. The molecule has 154 valence electrons. The van der Waals surface area contributed by atoms with Crippen LogP contribution < -0.4 is 10.5 Å². The normalized spacial score (nSPS) is 20.1. The summed E-state index contributed by atoms with van der Waals surface area (Å²) in [5.74, 6) is -1.72. The van der Waals surface area contributed by atoms with Crippen LogP contribution >= 0.6 is 0 Å². The number of carbonyl (C=O) groups is 1. The van der Waals surface area contributed by atoms with Gasteiger partial charge in [0.25, 0.3) is 0 Å². The highest BCUT2D eigenvalue weighted by Crippen LogP contribution is 2.36. The largest absolute Gasteiger partial charge is 0.507 e. The molecular weight excluding hydrogens is 371 g/mol. The van der Waals surface area contributed by atoms with Crippen molar-refractivity contribution in [1.82, 2.24) is 4.90 Å². The maximum atomic E-state index is 11.6. The summed E-state index contributed by atoms with van der Waals surface area (Å²) < 4.78 is 11.1. The first-order chi connectivity index (χ1) is 13.3. The van der Waals surface area contributed by atoms with Gasteiger partial charge in [0.2, 0.25) is 0 Å². The summed E-state index contributed by atoms with van der Waals surface area (Å²) in [5.41, 5.74) is 5.53. The van der Waals surface area contributed by atoms with Crippen LogP contribution in [-0.2, 0) is 11.2 Å². The second-order valence-corrected chi connectivity index (χ2v) is 7.30. The van der Waals surface area contributed by atoms with Gasteiger partial charge in [-0.15, -0.1) is 0 Å². The second kappa shape index (κ2) is 8.23. The predicted molar refractivity (Wildman–Crippen MR) is 98.4 cm³/mol. The monoisotopic (exact) mass is 396 g/mol. The summed E-state index contributed by atoms with van der Waals surface area (Å²) in [6, 6.07) is 2.54. The Hall–Kier alpha value is -1.89.